The lowest BCUT2D eigenvalue weighted by Gasteiger charge is -2.15. The maximum absolute atomic E-state index is 6.37. The van der Waals surface area contributed by atoms with Crippen molar-refractivity contribution in [3.8, 4) is 5.75 Å². The number of fused-ring (bicyclic) bond motifs is 1. The lowest BCUT2D eigenvalue weighted by atomic mass is 9.96. The number of aryl methyl sites for hydroxylation is 1. The third-order valence-electron chi connectivity index (χ3n) is 3.52. The Kier molecular flexibility index (Phi) is 2.84. The quantitative estimate of drug-likeness (QED) is 0.901. The third-order valence-corrected chi connectivity index (χ3v) is 3.52. The Morgan fingerprint density at radius 3 is 3.00 bits per heavy atom. The first kappa shape index (κ1) is 11.4. The number of hydrogen-bond acceptors (Lipinski definition) is 3. The molecule has 0 bridgehead atoms. The number of furan rings is 1. The second-order valence-electron chi connectivity index (χ2n) is 4.56. The van der Waals surface area contributed by atoms with E-state index in [0.29, 0.717) is 0 Å². The van der Waals surface area contributed by atoms with Crippen LogP contribution in [0.5, 0.6) is 5.75 Å². The Hall–Kier alpha value is -1.74. The minimum absolute atomic E-state index is 0.174. The van der Waals surface area contributed by atoms with Gasteiger partial charge in [-0.1, -0.05) is 25.1 Å². The fourth-order valence-corrected chi connectivity index (χ4v) is 2.57. The van der Waals surface area contributed by atoms with E-state index in [2.05, 4.69) is 19.1 Å². The molecular formula is C15H17NO2. The van der Waals surface area contributed by atoms with Gasteiger partial charge in [-0.25, -0.2) is 0 Å². The highest BCUT2D eigenvalue weighted by Gasteiger charge is 2.23. The molecule has 0 spiro atoms. The molecule has 1 unspecified atom stereocenters. The van der Waals surface area contributed by atoms with Crippen molar-refractivity contribution in [1.29, 1.82) is 0 Å². The molecule has 3 rings (SSSR count). The van der Waals surface area contributed by atoms with E-state index in [1.165, 1.54) is 5.56 Å². The summed E-state index contributed by atoms with van der Waals surface area (Å²) < 4.78 is 11.2. The van der Waals surface area contributed by atoms with Crippen molar-refractivity contribution in [1.82, 2.24) is 0 Å². The van der Waals surface area contributed by atoms with Crippen LogP contribution in [-0.4, -0.2) is 6.61 Å². The van der Waals surface area contributed by atoms with Gasteiger partial charge in [-0.3, -0.25) is 0 Å². The molecule has 0 saturated heterocycles. The number of nitrogens with two attached hydrogens (primary N) is 1. The average Bonchev–Trinajstić information content (AvgIpc) is 3.05. The van der Waals surface area contributed by atoms with Crippen LogP contribution in [0.25, 0.3) is 0 Å². The van der Waals surface area contributed by atoms with Crippen molar-refractivity contribution >= 4 is 0 Å². The maximum Gasteiger partial charge on any atom is 0.127 e. The van der Waals surface area contributed by atoms with E-state index in [0.717, 1.165) is 42.1 Å². The van der Waals surface area contributed by atoms with Gasteiger partial charge < -0.3 is 14.9 Å². The predicted octanol–water partition coefficient (Wildman–Crippen LogP) is 2.83. The predicted molar refractivity (Wildman–Crippen MR) is 69.8 cm³/mol. The molecule has 0 radical (unpaired) electrons. The standard InChI is InChI=1S/C15H17NO2/c1-2-13-11(7-9-17-13)14(16)12-5-3-4-10-6-8-18-15(10)12/h3-5,7,9,14H,2,6,8,16H2,1H3. The number of benzene rings is 1. The summed E-state index contributed by atoms with van der Waals surface area (Å²) in [4.78, 5) is 0. The Balaban J connectivity index is 2.03. The first-order valence-electron chi connectivity index (χ1n) is 6.37. The van der Waals surface area contributed by atoms with Gasteiger partial charge in [-0.2, -0.15) is 0 Å². The van der Waals surface area contributed by atoms with E-state index < -0.39 is 0 Å². The maximum atomic E-state index is 6.37. The first-order valence-corrected chi connectivity index (χ1v) is 6.37. The van der Waals surface area contributed by atoms with Gasteiger partial charge in [0.25, 0.3) is 0 Å². The molecule has 1 aromatic heterocycles. The summed E-state index contributed by atoms with van der Waals surface area (Å²) in [6.07, 6.45) is 3.53. The summed E-state index contributed by atoms with van der Waals surface area (Å²) in [5.41, 5.74) is 9.74. The van der Waals surface area contributed by atoms with Crippen molar-refractivity contribution in [2.24, 2.45) is 5.73 Å². The van der Waals surface area contributed by atoms with E-state index in [-0.39, 0.29) is 6.04 Å². The normalized spacial score (nSPS) is 15.2. The van der Waals surface area contributed by atoms with E-state index in [9.17, 15) is 0 Å². The van der Waals surface area contributed by atoms with E-state index in [1.54, 1.807) is 6.26 Å². The van der Waals surface area contributed by atoms with Crippen LogP contribution in [0.2, 0.25) is 0 Å². The van der Waals surface area contributed by atoms with E-state index in [1.807, 2.05) is 12.1 Å². The highest BCUT2D eigenvalue weighted by atomic mass is 16.5. The summed E-state index contributed by atoms with van der Waals surface area (Å²) in [5.74, 6) is 1.92. The molecule has 3 heteroatoms. The lowest BCUT2D eigenvalue weighted by molar-refractivity contribution is 0.352. The second-order valence-corrected chi connectivity index (χ2v) is 4.56. The largest absolute Gasteiger partial charge is 0.493 e. The molecular weight excluding hydrogens is 226 g/mol. The molecule has 18 heavy (non-hydrogen) atoms. The van der Waals surface area contributed by atoms with Gasteiger partial charge in [-0.15, -0.1) is 0 Å². The van der Waals surface area contributed by atoms with Gasteiger partial charge >= 0.3 is 0 Å². The summed E-state index contributed by atoms with van der Waals surface area (Å²) in [5, 5.41) is 0. The molecule has 94 valence electrons. The Bertz CT molecular complexity index is 559. The van der Waals surface area contributed by atoms with Gasteiger partial charge in [0.15, 0.2) is 0 Å². The fraction of sp³-hybridized carbons (Fsp3) is 0.333. The molecule has 0 aliphatic carbocycles. The summed E-state index contributed by atoms with van der Waals surface area (Å²) >= 11 is 0. The second kappa shape index (κ2) is 4.50. The zero-order valence-electron chi connectivity index (χ0n) is 10.5. The molecule has 1 aliphatic rings. The van der Waals surface area contributed by atoms with Crippen LogP contribution >= 0.6 is 0 Å². The van der Waals surface area contributed by atoms with Crippen molar-refractivity contribution in [2.75, 3.05) is 6.61 Å². The minimum Gasteiger partial charge on any atom is -0.493 e. The monoisotopic (exact) mass is 243 g/mol. The summed E-state index contributed by atoms with van der Waals surface area (Å²) in [7, 11) is 0. The van der Waals surface area contributed by atoms with Crippen LogP contribution in [0.15, 0.2) is 34.9 Å². The molecule has 0 fully saturated rings. The summed E-state index contributed by atoms with van der Waals surface area (Å²) in [6, 6.07) is 7.98. The van der Waals surface area contributed by atoms with Gasteiger partial charge in [0, 0.05) is 24.0 Å². The summed E-state index contributed by atoms with van der Waals surface area (Å²) in [6.45, 7) is 2.83. The van der Waals surface area contributed by atoms with Crippen LogP contribution in [0, 0.1) is 0 Å². The van der Waals surface area contributed by atoms with Crippen LogP contribution in [-0.2, 0) is 12.8 Å². The number of rotatable bonds is 3. The van der Waals surface area contributed by atoms with Crippen LogP contribution in [0.4, 0.5) is 0 Å². The average molecular weight is 243 g/mol. The zero-order valence-corrected chi connectivity index (χ0v) is 10.5. The van der Waals surface area contributed by atoms with E-state index >= 15 is 0 Å². The SMILES string of the molecule is CCc1occc1C(N)c1cccc2c1OCC2. The Morgan fingerprint density at radius 2 is 2.17 bits per heavy atom. The molecule has 2 N–H and O–H groups in total. The fourth-order valence-electron chi connectivity index (χ4n) is 2.57. The smallest absolute Gasteiger partial charge is 0.127 e. The molecule has 2 heterocycles. The molecule has 1 aliphatic heterocycles. The topological polar surface area (TPSA) is 48.4 Å². The Morgan fingerprint density at radius 1 is 1.28 bits per heavy atom. The molecule has 0 amide bonds. The third kappa shape index (κ3) is 1.71. The Labute approximate surface area is 107 Å². The van der Waals surface area contributed by atoms with Gasteiger partial charge in [0.05, 0.1) is 18.9 Å². The number of ether oxygens (including phenoxy) is 1. The number of hydrogen-bond donors (Lipinski definition) is 1. The van der Waals surface area contributed by atoms with E-state index in [4.69, 9.17) is 14.9 Å². The lowest BCUT2D eigenvalue weighted by Crippen LogP contribution is -2.13. The minimum atomic E-state index is -0.174. The van der Waals surface area contributed by atoms with Gasteiger partial charge in [-0.05, 0) is 11.6 Å². The van der Waals surface area contributed by atoms with Crippen molar-refractivity contribution < 1.29 is 9.15 Å². The van der Waals surface area contributed by atoms with Crippen LogP contribution in [0.1, 0.15) is 35.4 Å². The van der Waals surface area contributed by atoms with Crippen LogP contribution in [0.3, 0.4) is 0 Å². The van der Waals surface area contributed by atoms with Gasteiger partial charge in [0.2, 0.25) is 0 Å². The number of para-hydroxylation sites is 1. The van der Waals surface area contributed by atoms with Crippen molar-refractivity contribution in [3.05, 3.63) is 53.0 Å². The highest BCUT2D eigenvalue weighted by Crippen LogP contribution is 2.36. The van der Waals surface area contributed by atoms with Crippen LogP contribution < -0.4 is 10.5 Å². The van der Waals surface area contributed by atoms with Crippen molar-refractivity contribution in [2.45, 2.75) is 25.8 Å². The molecule has 2 aromatic rings. The molecule has 0 saturated carbocycles. The highest BCUT2D eigenvalue weighted by molar-refractivity contribution is 5.48. The molecule has 3 nitrogen and oxygen atoms in total. The molecule has 1 aromatic carbocycles. The van der Waals surface area contributed by atoms with Crippen molar-refractivity contribution in [3.63, 3.8) is 0 Å². The van der Waals surface area contributed by atoms with Gasteiger partial charge in [0.1, 0.15) is 11.5 Å². The molecule has 1 atom stereocenters. The first-order chi connectivity index (χ1) is 8.81. The zero-order chi connectivity index (χ0) is 12.5.